The van der Waals surface area contributed by atoms with E-state index in [1.54, 1.807) is 6.07 Å². The zero-order chi connectivity index (χ0) is 21.0. The molecule has 0 amide bonds. The van der Waals surface area contributed by atoms with Gasteiger partial charge in [0.2, 0.25) is 0 Å². The largest absolute Gasteiger partial charge is 0.379 e. The van der Waals surface area contributed by atoms with E-state index in [2.05, 4.69) is 16.3 Å². The predicted octanol–water partition coefficient (Wildman–Crippen LogP) is 2.79. The van der Waals surface area contributed by atoms with Crippen molar-refractivity contribution < 1.29 is 18.1 Å². The van der Waals surface area contributed by atoms with Gasteiger partial charge in [-0.1, -0.05) is 35.9 Å². The summed E-state index contributed by atoms with van der Waals surface area (Å²) in [5.41, 5.74) is 2.01. The van der Waals surface area contributed by atoms with Crippen LogP contribution in [0, 0.1) is 17.0 Å². The van der Waals surface area contributed by atoms with Crippen LogP contribution in [0.3, 0.4) is 0 Å². The van der Waals surface area contributed by atoms with Gasteiger partial charge in [0.25, 0.3) is 0 Å². The molecule has 1 unspecified atom stereocenters. The van der Waals surface area contributed by atoms with E-state index >= 15 is 0 Å². The Balaban J connectivity index is 1.93. The minimum atomic E-state index is -3.73. The third-order valence-electron chi connectivity index (χ3n) is 4.98. The minimum Gasteiger partial charge on any atom is -0.379 e. The van der Waals surface area contributed by atoms with Crippen LogP contribution in [0.4, 0.5) is 11.4 Å². The maximum absolute atomic E-state index is 12.0. The number of nitro benzene ring substituents is 1. The summed E-state index contributed by atoms with van der Waals surface area (Å²) < 4.78 is 29.5. The molecule has 1 aliphatic heterocycles. The lowest BCUT2D eigenvalue weighted by Crippen LogP contribution is -2.41. The Hall–Kier alpha value is -2.49. The van der Waals surface area contributed by atoms with Crippen molar-refractivity contribution in [2.24, 2.45) is 0 Å². The highest BCUT2D eigenvalue weighted by Crippen LogP contribution is 2.33. The van der Waals surface area contributed by atoms with Crippen LogP contribution < -0.4 is 5.32 Å². The molecule has 1 atom stereocenters. The van der Waals surface area contributed by atoms with Gasteiger partial charge in [-0.2, -0.15) is 0 Å². The number of sulfone groups is 1. The molecule has 1 aliphatic rings. The number of hydrogen-bond donors (Lipinski definition) is 1. The van der Waals surface area contributed by atoms with E-state index in [4.69, 9.17) is 4.74 Å². The lowest BCUT2D eigenvalue weighted by Gasteiger charge is -2.35. The molecule has 1 N–H and O–H groups in total. The van der Waals surface area contributed by atoms with Gasteiger partial charge in [-0.05, 0) is 24.6 Å². The molecule has 29 heavy (non-hydrogen) atoms. The predicted molar refractivity (Wildman–Crippen MR) is 111 cm³/mol. The lowest BCUT2D eigenvalue weighted by molar-refractivity contribution is -0.386. The molecule has 2 aromatic rings. The van der Waals surface area contributed by atoms with Crippen molar-refractivity contribution in [2.45, 2.75) is 17.9 Å². The van der Waals surface area contributed by atoms with E-state index < -0.39 is 20.4 Å². The first-order valence-corrected chi connectivity index (χ1v) is 11.3. The second-order valence-electron chi connectivity index (χ2n) is 7.14. The summed E-state index contributed by atoms with van der Waals surface area (Å²) in [6, 6.07) is 12.4. The molecule has 0 aromatic heterocycles. The van der Waals surface area contributed by atoms with Crippen LogP contribution in [0.1, 0.15) is 17.2 Å². The minimum absolute atomic E-state index is 0.0275. The van der Waals surface area contributed by atoms with Crippen molar-refractivity contribution in [3.63, 3.8) is 0 Å². The first kappa shape index (κ1) is 21.2. The fourth-order valence-electron chi connectivity index (χ4n) is 3.58. The number of nitro groups is 1. The maximum atomic E-state index is 12.0. The number of rotatable bonds is 7. The number of anilines is 1. The van der Waals surface area contributed by atoms with Crippen LogP contribution in [0.2, 0.25) is 0 Å². The molecule has 0 saturated carbocycles. The number of benzene rings is 2. The standard InChI is InChI=1S/C20H25N3O5S/c1-15-5-3-6-16(13-15)18(22-9-11-28-12-10-22)14-21-17-7-4-8-19(29(2,26)27)20(17)23(24)25/h3-8,13,18,21H,9-12,14H2,1-2H3. The van der Waals surface area contributed by atoms with Crippen molar-refractivity contribution in [1.29, 1.82) is 0 Å². The first-order valence-electron chi connectivity index (χ1n) is 9.37. The van der Waals surface area contributed by atoms with Crippen molar-refractivity contribution in [1.82, 2.24) is 4.90 Å². The van der Waals surface area contributed by atoms with Crippen molar-refractivity contribution in [2.75, 3.05) is 44.4 Å². The lowest BCUT2D eigenvalue weighted by atomic mass is 10.0. The van der Waals surface area contributed by atoms with Crippen LogP contribution >= 0.6 is 0 Å². The highest BCUT2D eigenvalue weighted by molar-refractivity contribution is 7.90. The van der Waals surface area contributed by atoms with Gasteiger partial charge in [0.1, 0.15) is 10.6 Å². The van der Waals surface area contributed by atoms with Crippen LogP contribution in [-0.2, 0) is 14.6 Å². The van der Waals surface area contributed by atoms with Crippen LogP contribution in [0.15, 0.2) is 47.4 Å². The smallest absolute Gasteiger partial charge is 0.310 e. The van der Waals surface area contributed by atoms with Gasteiger partial charge < -0.3 is 10.1 Å². The van der Waals surface area contributed by atoms with Gasteiger partial charge in [0.15, 0.2) is 9.84 Å². The highest BCUT2D eigenvalue weighted by atomic mass is 32.2. The Morgan fingerprint density at radius 2 is 1.90 bits per heavy atom. The summed E-state index contributed by atoms with van der Waals surface area (Å²) >= 11 is 0. The average molecular weight is 420 g/mol. The topological polar surface area (TPSA) is 102 Å². The summed E-state index contributed by atoms with van der Waals surface area (Å²) in [5, 5.41) is 14.8. The maximum Gasteiger partial charge on any atom is 0.310 e. The molecule has 0 radical (unpaired) electrons. The highest BCUT2D eigenvalue weighted by Gasteiger charge is 2.28. The van der Waals surface area contributed by atoms with E-state index in [-0.39, 0.29) is 16.6 Å². The van der Waals surface area contributed by atoms with Gasteiger partial charge in [0.05, 0.1) is 24.2 Å². The summed E-state index contributed by atoms with van der Waals surface area (Å²) in [6.45, 7) is 5.20. The molecule has 0 bridgehead atoms. The van der Waals surface area contributed by atoms with Gasteiger partial charge in [-0.15, -0.1) is 0 Å². The molecule has 1 fully saturated rings. The Bertz CT molecular complexity index is 987. The molecule has 3 rings (SSSR count). The van der Waals surface area contributed by atoms with Crippen LogP contribution in [0.5, 0.6) is 0 Å². The fraction of sp³-hybridized carbons (Fsp3) is 0.400. The van der Waals surface area contributed by atoms with Crippen molar-refractivity contribution in [3.05, 3.63) is 63.7 Å². The third-order valence-corrected chi connectivity index (χ3v) is 6.11. The van der Waals surface area contributed by atoms with Crippen molar-refractivity contribution >= 4 is 21.2 Å². The van der Waals surface area contributed by atoms with Gasteiger partial charge in [-0.3, -0.25) is 15.0 Å². The SMILES string of the molecule is Cc1cccc(C(CNc2cccc(S(C)(=O)=O)c2[N+](=O)[O-])N2CCOCC2)c1. The summed E-state index contributed by atoms with van der Waals surface area (Å²) in [4.78, 5) is 13.0. The number of nitrogens with one attached hydrogen (secondary N) is 1. The molecular formula is C20H25N3O5S. The normalized spacial score (nSPS) is 16.3. The molecule has 2 aromatic carbocycles. The second-order valence-corrected chi connectivity index (χ2v) is 9.12. The molecule has 8 nitrogen and oxygen atoms in total. The number of nitrogens with zero attached hydrogens (tertiary/aromatic N) is 2. The average Bonchev–Trinajstić information content (AvgIpc) is 2.68. The number of morpholine rings is 1. The summed E-state index contributed by atoms with van der Waals surface area (Å²) in [7, 11) is -3.73. The van der Waals surface area contributed by atoms with Crippen molar-refractivity contribution in [3.8, 4) is 0 Å². The van der Waals surface area contributed by atoms with E-state index in [0.29, 0.717) is 19.8 Å². The summed E-state index contributed by atoms with van der Waals surface area (Å²) in [6.07, 6.45) is 0.975. The molecule has 1 saturated heterocycles. The Kier molecular flexibility index (Phi) is 6.51. The Morgan fingerprint density at radius 1 is 1.21 bits per heavy atom. The van der Waals surface area contributed by atoms with E-state index in [1.165, 1.54) is 12.1 Å². The molecule has 0 aliphatic carbocycles. The van der Waals surface area contributed by atoms with Gasteiger partial charge >= 0.3 is 5.69 Å². The Morgan fingerprint density at radius 3 is 2.52 bits per heavy atom. The summed E-state index contributed by atoms with van der Waals surface area (Å²) in [5.74, 6) is 0. The first-order chi connectivity index (χ1) is 13.8. The molecular weight excluding hydrogens is 394 g/mol. The Labute approximate surface area is 170 Å². The number of aryl methyl sites for hydroxylation is 1. The molecule has 9 heteroatoms. The van der Waals surface area contributed by atoms with E-state index in [1.807, 2.05) is 25.1 Å². The number of hydrogen-bond acceptors (Lipinski definition) is 7. The monoisotopic (exact) mass is 419 g/mol. The molecule has 1 heterocycles. The van der Waals surface area contributed by atoms with Gasteiger partial charge in [-0.25, -0.2) is 8.42 Å². The van der Waals surface area contributed by atoms with E-state index in [0.717, 1.165) is 30.5 Å². The zero-order valence-corrected chi connectivity index (χ0v) is 17.3. The third kappa shape index (κ3) is 5.11. The number of ether oxygens (including phenoxy) is 1. The molecule has 0 spiro atoms. The number of para-hydroxylation sites is 1. The van der Waals surface area contributed by atoms with Crippen LogP contribution in [-0.4, -0.2) is 57.3 Å². The fourth-order valence-corrected chi connectivity index (χ4v) is 4.44. The second kappa shape index (κ2) is 8.89. The van der Waals surface area contributed by atoms with Gasteiger partial charge in [0, 0.05) is 25.9 Å². The van der Waals surface area contributed by atoms with Crippen LogP contribution in [0.25, 0.3) is 0 Å². The quantitative estimate of drug-likeness (QED) is 0.544. The zero-order valence-electron chi connectivity index (χ0n) is 16.5. The van der Waals surface area contributed by atoms with E-state index in [9.17, 15) is 18.5 Å². The molecule has 156 valence electrons.